The van der Waals surface area contributed by atoms with E-state index in [2.05, 4.69) is 4.90 Å². The number of methoxy groups -OCH3 is 1. The molecular formula is C22H27NO5. The first-order chi connectivity index (χ1) is 13.5. The largest absolute Gasteiger partial charge is 0.497 e. The molecule has 0 aliphatic heterocycles. The Balaban J connectivity index is 1.83. The Labute approximate surface area is 164 Å². The van der Waals surface area contributed by atoms with Crippen LogP contribution in [0, 0.1) is 0 Å². The fraction of sp³-hybridized carbons (Fsp3) is 0.409. The van der Waals surface area contributed by atoms with Gasteiger partial charge in [-0.3, -0.25) is 4.90 Å². The van der Waals surface area contributed by atoms with Crippen molar-refractivity contribution in [2.24, 2.45) is 0 Å². The van der Waals surface area contributed by atoms with Gasteiger partial charge in [0, 0.05) is 31.1 Å². The van der Waals surface area contributed by atoms with Gasteiger partial charge in [0.05, 0.1) is 26.0 Å². The van der Waals surface area contributed by atoms with Gasteiger partial charge in [-0.25, -0.2) is 4.79 Å². The Morgan fingerprint density at radius 3 is 2.71 bits per heavy atom. The maximum Gasteiger partial charge on any atom is 0.336 e. The van der Waals surface area contributed by atoms with Gasteiger partial charge in [0.2, 0.25) is 0 Å². The SMILES string of the molecule is COc1ccc2oc(=O)cc(CN(CCCOC(C)C)Cc3ccco3)c2c1. The van der Waals surface area contributed by atoms with Crippen molar-refractivity contribution in [1.29, 1.82) is 0 Å². The van der Waals surface area contributed by atoms with E-state index in [4.69, 9.17) is 18.3 Å². The van der Waals surface area contributed by atoms with Crippen molar-refractivity contribution >= 4 is 11.0 Å². The monoisotopic (exact) mass is 385 g/mol. The Hall–Kier alpha value is -2.57. The minimum absolute atomic E-state index is 0.216. The van der Waals surface area contributed by atoms with Gasteiger partial charge < -0.3 is 18.3 Å². The summed E-state index contributed by atoms with van der Waals surface area (Å²) in [6.45, 7) is 6.82. The van der Waals surface area contributed by atoms with Crippen molar-refractivity contribution in [1.82, 2.24) is 4.90 Å². The summed E-state index contributed by atoms with van der Waals surface area (Å²) in [6, 6.07) is 10.9. The lowest BCUT2D eigenvalue weighted by molar-refractivity contribution is 0.0687. The standard InChI is InChI=1S/C22H27NO5/c1-16(2)26-11-5-9-23(15-19-6-4-10-27-19)14-17-12-22(24)28-21-8-7-18(25-3)13-20(17)21/h4,6-8,10,12-13,16H,5,9,11,14-15H2,1-3H3. The normalized spacial score (nSPS) is 11.6. The van der Waals surface area contributed by atoms with Crippen LogP contribution in [0.4, 0.5) is 0 Å². The molecular weight excluding hydrogens is 358 g/mol. The molecule has 6 nitrogen and oxygen atoms in total. The molecule has 28 heavy (non-hydrogen) atoms. The molecule has 0 atom stereocenters. The summed E-state index contributed by atoms with van der Waals surface area (Å²) >= 11 is 0. The molecule has 2 heterocycles. The number of hydrogen-bond donors (Lipinski definition) is 0. The van der Waals surface area contributed by atoms with Gasteiger partial charge in [-0.15, -0.1) is 0 Å². The second kappa shape index (κ2) is 9.57. The van der Waals surface area contributed by atoms with Gasteiger partial charge >= 0.3 is 5.63 Å². The molecule has 0 saturated carbocycles. The van der Waals surface area contributed by atoms with Gasteiger partial charge in [-0.1, -0.05) is 0 Å². The number of rotatable bonds is 10. The van der Waals surface area contributed by atoms with Crippen molar-refractivity contribution < 1.29 is 18.3 Å². The Bertz CT molecular complexity index is 930. The zero-order valence-electron chi connectivity index (χ0n) is 16.6. The summed E-state index contributed by atoms with van der Waals surface area (Å²) in [7, 11) is 1.62. The molecule has 0 bridgehead atoms. The minimum Gasteiger partial charge on any atom is -0.497 e. The molecule has 0 N–H and O–H groups in total. The molecule has 0 aliphatic rings. The van der Waals surface area contributed by atoms with E-state index in [9.17, 15) is 4.79 Å². The number of furan rings is 1. The number of benzene rings is 1. The van der Waals surface area contributed by atoms with Crippen LogP contribution in [0.25, 0.3) is 11.0 Å². The fourth-order valence-corrected chi connectivity index (χ4v) is 3.15. The predicted octanol–water partition coefficient (Wildman–Crippen LogP) is 4.21. The molecule has 6 heteroatoms. The van der Waals surface area contributed by atoms with Crippen molar-refractivity contribution in [3.05, 3.63) is 64.4 Å². The lowest BCUT2D eigenvalue weighted by Crippen LogP contribution is -2.25. The van der Waals surface area contributed by atoms with Crippen LogP contribution in [-0.2, 0) is 17.8 Å². The first-order valence-corrected chi connectivity index (χ1v) is 9.52. The van der Waals surface area contributed by atoms with E-state index in [0.717, 1.165) is 35.4 Å². The molecule has 0 saturated heterocycles. The molecule has 2 aromatic heterocycles. The van der Waals surface area contributed by atoms with Crippen LogP contribution in [0.15, 0.2) is 56.3 Å². The Kier molecular flexibility index (Phi) is 6.90. The van der Waals surface area contributed by atoms with Gasteiger partial charge in [0.25, 0.3) is 0 Å². The second-order valence-electron chi connectivity index (χ2n) is 7.02. The van der Waals surface area contributed by atoms with Crippen LogP contribution in [0.3, 0.4) is 0 Å². The lowest BCUT2D eigenvalue weighted by atomic mass is 10.1. The number of hydrogen-bond acceptors (Lipinski definition) is 6. The molecule has 0 radical (unpaired) electrons. The first kappa shape index (κ1) is 20.2. The third-order valence-corrected chi connectivity index (χ3v) is 4.46. The molecule has 0 amide bonds. The van der Waals surface area contributed by atoms with Gasteiger partial charge in [0.15, 0.2) is 0 Å². The number of ether oxygens (including phenoxy) is 2. The van der Waals surface area contributed by atoms with Crippen LogP contribution in [-0.4, -0.2) is 31.3 Å². The van der Waals surface area contributed by atoms with Crippen LogP contribution in [0.2, 0.25) is 0 Å². The number of nitrogens with zero attached hydrogens (tertiary/aromatic N) is 1. The highest BCUT2D eigenvalue weighted by molar-refractivity contribution is 5.81. The molecule has 0 spiro atoms. The van der Waals surface area contributed by atoms with Gasteiger partial charge in [0.1, 0.15) is 17.1 Å². The highest BCUT2D eigenvalue weighted by atomic mass is 16.5. The zero-order chi connectivity index (χ0) is 19.9. The molecule has 0 aliphatic carbocycles. The third kappa shape index (κ3) is 5.47. The topological polar surface area (TPSA) is 65.0 Å². The second-order valence-corrected chi connectivity index (χ2v) is 7.02. The average Bonchev–Trinajstić information content (AvgIpc) is 3.17. The maximum atomic E-state index is 12.0. The summed E-state index contributed by atoms with van der Waals surface area (Å²) in [5.41, 5.74) is 1.11. The van der Waals surface area contributed by atoms with E-state index < -0.39 is 0 Å². The quantitative estimate of drug-likeness (QED) is 0.385. The van der Waals surface area contributed by atoms with Crippen LogP contribution < -0.4 is 10.4 Å². The van der Waals surface area contributed by atoms with E-state index in [0.29, 0.717) is 25.3 Å². The van der Waals surface area contributed by atoms with Crippen LogP contribution in [0.5, 0.6) is 5.75 Å². The Morgan fingerprint density at radius 2 is 2.00 bits per heavy atom. The molecule has 3 rings (SSSR count). The smallest absolute Gasteiger partial charge is 0.336 e. The fourth-order valence-electron chi connectivity index (χ4n) is 3.15. The van der Waals surface area contributed by atoms with E-state index in [1.807, 2.05) is 32.0 Å². The van der Waals surface area contributed by atoms with Crippen molar-refractivity contribution in [2.45, 2.75) is 39.5 Å². The molecule has 1 aromatic carbocycles. The van der Waals surface area contributed by atoms with Crippen molar-refractivity contribution in [3.8, 4) is 5.75 Å². The van der Waals surface area contributed by atoms with Crippen molar-refractivity contribution in [2.75, 3.05) is 20.3 Å². The van der Waals surface area contributed by atoms with E-state index in [-0.39, 0.29) is 11.7 Å². The lowest BCUT2D eigenvalue weighted by Gasteiger charge is -2.22. The zero-order valence-corrected chi connectivity index (χ0v) is 16.6. The molecule has 0 unspecified atom stereocenters. The minimum atomic E-state index is -0.353. The van der Waals surface area contributed by atoms with Crippen LogP contribution >= 0.6 is 0 Å². The summed E-state index contributed by atoms with van der Waals surface area (Å²) < 4.78 is 21.9. The van der Waals surface area contributed by atoms with E-state index >= 15 is 0 Å². The molecule has 3 aromatic rings. The van der Waals surface area contributed by atoms with E-state index in [1.54, 1.807) is 31.6 Å². The third-order valence-electron chi connectivity index (χ3n) is 4.46. The van der Waals surface area contributed by atoms with E-state index in [1.165, 1.54) is 0 Å². The van der Waals surface area contributed by atoms with Crippen LogP contribution in [0.1, 0.15) is 31.6 Å². The maximum absolute atomic E-state index is 12.0. The molecule has 150 valence electrons. The van der Waals surface area contributed by atoms with Gasteiger partial charge in [-0.2, -0.15) is 0 Å². The van der Waals surface area contributed by atoms with Crippen molar-refractivity contribution in [3.63, 3.8) is 0 Å². The summed E-state index contributed by atoms with van der Waals surface area (Å²) in [4.78, 5) is 14.3. The predicted molar refractivity (Wildman–Crippen MR) is 108 cm³/mol. The average molecular weight is 385 g/mol. The summed E-state index contributed by atoms with van der Waals surface area (Å²) in [5, 5.41) is 0.877. The highest BCUT2D eigenvalue weighted by Crippen LogP contribution is 2.24. The number of fused-ring (bicyclic) bond motifs is 1. The highest BCUT2D eigenvalue weighted by Gasteiger charge is 2.14. The van der Waals surface area contributed by atoms with Gasteiger partial charge in [-0.05, 0) is 56.2 Å². The first-order valence-electron chi connectivity index (χ1n) is 9.52. The summed E-state index contributed by atoms with van der Waals surface area (Å²) in [5.74, 6) is 1.61. The Morgan fingerprint density at radius 1 is 1.14 bits per heavy atom. The molecule has 0 fully saturated rings. The summed E-state index contributed by atoms with van der Waals surface area (Å²) in [6.07, 6.45) is 2.78.